The Morgan fingerprint density at radius 1 is 1.06 bits per heavy atom. The van der Waals surface area contributed by atoms with Crippen LogP contribution < -0.4 is 5.32 Å². The highest BCUT2D eigenvalue weighted by molar-refractivity contribution is 6.33. The van der Waals surface area contributed by atoms with Gasteiger partial charge in [-0.25, -0.2) is 0 Å². The number of aryl methyl sites for hydroxylation is 1. The van der Waals surface area contributed by atoms with Crippen molar-refractivity contribution in [1.82, 2.24) is 15.4 Å². The van der Waals surface area contributed by atoms with Gasteiger partial charge in [-0.1, -0.05) is 72.2 Å². The number of nitrogens with zero attached hydrogens (tertiary/aromatic N) is 2. The summed E-state index contributed by atoms with van der Waals surface area (Å²) in [6, 6.07) is 16.9. The average molecular weight is 508 g/mol. The van der Waals surface area contributed by atoms with Gasteiger partial charge in [0.25, 0.3) is 5.91 Å². The number of nitrogens with one attached hydrogen (secondary N) is 1. The van der Waals surface area contributed by atoms with E-state index >= 15 is 0 Å². The smallest absolute Gasteiger partial charge is 0.257 e. The zero-order chi connectivity index (χ0) is 25.7. The van der Waals surface area contributed by atoms with Gasteiger partial charge >= 0.3 is 0 Å². The predicted molar refractivity (Wildman–Crippen MR) is 138 cm³/mol. The van der Waals surface area contributed by atoms with Crippen LogP contribution in [0.15, 0.2) is 59.1 Å². The van der Waals surface area contributed by atoms with Crippen molar-refractivity contribution in [3.63, 3.8) is 0 Å². The van der Waals surface area contributed by atoms with E-state index in [-0.39, 0.29) is 23.8 Å². The van der Waals surface area contributed by atoms with Gasteiger partial charge in [-0.05, 0) is 37.8 Å². The van der Waals surface area contributed by atoms with E-state index in [1.54, 1.807) is 36.1 Å². The van der Waals surface area contributed by atoms with Crippen LogP contribution in [0.4, 0.5) is 0 Å². The second-order valence-electron chi connectivity index (χ2n) is 9.13. The molecule has 2 amide bonds. The third-order valence-corrected chi connectivity index (χ3v) is 7.26. The van der Waals surface area contributed by atoms with Crippen LogP contribution in [0.5, 0.6) is 0 Å². The number of Topliss-reactive ketones (excluding diaryl/α,β-unsaturated/α-hetero) is 1. The zero-order valence-electron chi connectivity index (χ0n) is 20.6. The summed E-state index contributed by atoms with van der Waals surface area (Å²) in [6.45, 7) is 4.40. The van der Waals surface area contributed by atoms with Gasteiger partial charge in [0.05, 0.1) is 17.0 Å². The first-order valence-corrected chi connectivity index (χ1v) is 12.6. The van der Waals surface area contributed by atoms with E-state index < -0.39 is 11.3 Å². The zero-order valence-corrected chi connectivity index (χ0v) is 21.3. The van der Waals surface area contributed by atoms with Crippen LogP contribution in [0.1, 0.15) is 54.3 Å². The van der Waals surface area contributed by atoms with Gasteiger partial charge in [-0.2, -0.15) is 0 Å². The normalized spacial score (nSPS) is 14.9. The minimum Gasteiger partial charge on any atom is -0.360 e. The lowest BCUT2D eigenvalue weighted by atomic mass is 9.68. The molecule has 0 unspecified atom stereocenters. The first kappa shape index (κ1) is 25.6. The molecule has 1 aromatic heterocycles. The monoisotopic (exact) mass is 507 g/mol. The molecule has 8 heteroatoms. The molecular formula is C28H30ClN3O4. The molecule has 1 fully saturated rings. The van der Waals surface area contributed by atoms with Gasteiger partial charge < -0.3 is 14.7 Å². The number of hydrogen-bond acceptors (Lipinski definition) is 5. The number of likely N-dealkylation sites (tertiary alicyclic amines) is 1. The number of piperidine rings is 1. The summed E-state index contributed by atoms with van der Waals surface area (Å²) < 4.78 is 5.26. The van der Waals surface area contributed by atoms with Crippen molar-refractivity contribution in [3.05, 3.63) is 76.5 Å². The fraction of sp³-hybridized carbons (Fsp3) is 0.357. The van der Waals surface area contributed by atoms with Gasteiger partial charge in [0, 0.05) is 25.1 Å². The first-order valence-electron chi connectivity index (χ1n) is 12.2. The van der Waals surface area contributed by atoms with Gasteiger partial charge in [0.15, 0.2) is 0 Å². The molecule has 0 radical (unpaired) electrons. The van der Waals surface area contributed by atoms with E-state index in [1.165, 1.54) is 0 Å². The van der Waals surface area contributed by atoms with Crippen molar-refractivity contribution < 1.29 is 18.9 Å². The van der Waals surface area contributed by atoms with Gasteiger partial charge in [0.1, 0.15) is 22.8 Å². The second-order valence-corrected chi connectivity index (χ2v) is 9.53. The Morgan fingerprint density at radius 3 is 2.39 bits per heavy atom. The van der Waals surface area contributed by atoms with Crippen LogP contribution in [0.3, 0.4) is 0 Å². The Morgan fingerprint density at radius 2 is 1.72 bits per heavy atom. The van der Waals surface area contributed by atoms with Crippen LogP contribution >= 0.6 is 11.6 Å². The summed E-state index contributed by atoms with van der Waals surface area (Å²) in [5, 5.41) is 7.17. The molecule has 7 nitrogen and oxygen atoms in total. The Labute approximate surface area is 215 Å². The minimum atomic E-state index is -0.569. The van der Waals surface area contributed by atoms with Crippen molar-refractivity contribution >= 4 is 29.2 Å². The minimum absolute atomic E-state index is 0.160. The van der Waals surface area contributed by atoms with E-state index in [9.17, 15) is 14.4 Å². The summed E-state index contributed by atoms with van der Waals surface area (Å²) in [5.41, 5.74) is 1.61. The lowest BCUT2D eigenvalue weighted by Gasteiger charge is -2.41. The molecule has 4 rings (SSSR count). The topological polar surface area (TPSA) is 92.5 Å². The molecular weight excluding hydrogens is 478 g/mol. The molecule has 2 aromatic carbocycles. The highest BCUT2D eigenvalue weighted by Gasteiger charge is 2.42. The molecule has 0 spiro atoms. The third-order valence-electron chi connectivity index (χ3n) is 6.93. The Kier molecular flexibility index (Phi) is 7.89. The summed E-state index contributed by atoms with van der Waals surface area (Å²) in [5.74, 6) is -0.0753. The largest absolute Gasteiger partial charge is 0.360 e. The van der Waals surface area contributed by atoms with Crippen LogP contribution in [0.2, 0.25) is 5.02 Å². The molecule has 0 bridgehead atoms. The second kappa shape index (κ2) is 11.1. The Bertz CT molecular complexity index is 1250. The molecule has 1 aliphatic heterocycles. The molecule has 0 saturated carbocycles. The molecule has 1 saturated heterocycles. The molecule has 188 valence electrons. The van der Waals surface area contributed by atoms with Crippen molar-refractivity contribution in [2.75, 3.05) is 19.6 Å². The number of carbonyl (C=O) groups is 3. The average Bonchev–Trinajstić information content (AvgIpc) is 3.29. The van der Waals surface area contributed by atoms with Crippen molar-refractivity contribution in [3.8, 4) is 11.3 Å². The van der Waals surface area contributed by atoms with E-state index in [4.69, 9.17) is 16.1 Å². The third kappa shape index (κ3) is 5.07. The van der Waals surface area contributed by atoms with Crippen LogP contribution in [-0.2, 0) is 15.0 Å². The summed E-state index contributed by atoms with van der Waals surface area (Å²) >= 11 is 6.28. The van der Waals surface area contributed by atoms with E-state index in [0.29, 0.717) is 54.4 Å². The standard InChI is InChI=1S/C28H30ClN3O4/c1-3-9-23(33)28(20-10-5-4-6-11-20)14-16-32(17-15-28)24(34)18-30-27(35)25-19(2)36-31-26(25)21-12-7-8-13-22(21)29/h4-8,10-13H,3,9,14-18H2,1-2H3,(H,30,35). The summed E-state index contributed by atoms with van der Waals surface area (Å²) in [4.78, 5) is 40.9. The quantitative estimate of drug-likeness (QED) is 0.465. The van der Waals surface area contributed by atoms with Crippen molar-refractivity contribution in [1.29, 1.82) is 0 Å². The number of rotatable bonds is 8. The summed E-state index contributed by atoms with van der Waals surface area (Å²) in [6.07, 6.45) is 2.44. The molecule has 2 heterocycles. The molecule has 0 aliphatic carbocycles. The molecule has 1 N–H and O–H groups in total. The highest BCUT2D eigenvalue weighted by Crippen LogP contribution is 2.38. The lowest BCUT2D eigenvalue weighted by Crippen LogP contribution is -2.51. The number of hydrogen-bond donors (Lipinski definition) is 1. The molecule has 36 heavy (non-hydrogen) atoms. The van der Waals surface area contributed by atoms with Crippen LogP contribution in [0, 0.1) is 6.92 Å². The van der Waals surface area contributed by atoms with E-state index in [2.05, 4.69) is 10.5 Å². The van der Waals surface area contributed by atoms with Crippen LogP contribution in [0.25, 0.3) is 11.3 Å². The lowest BCUT2D eigenvalue weighted by molar-refractivity contribution is -0.135. The number of benzene rings is 2. The van der Waals surface area contributed by atoms with Gasteiger partial charge in [-0.3, -0.25) is 14.4 Å². The SMILES string of the molecule is CCCC(=O)C1(c2ccccc2)CCN(C(=O)CNC(=O)c2c(-c3ccccc3Cl)noc2C)CC1. The number of amides is 2. The highest BCUT2D eigenvalue weighted by atomic mass is 35.5. The molecule has 0 atom stereocenters. The molecule has 3 aromatic rings. The van der Waals surface area contributed by atoms with Crippen molar-refractivity contribution in [2.45, 2.75) is 44.9 Å². The Hall–Kier alpha value is -3.45. The summed E-state index contributed by atoms with van der Waals surface area (Å²) in [7, 11) is 0. The predicted octanol–water partition coefficient (Wildman–Crippen LogP) is 4.96. The van der Waals surface area contributed by atoms with Crippen LogP contribution in [-0.4, -0.2) is 47.3 Å². The maximum absolute atomic E-state index is 13.2. The fourth-order valence-electron chi connectivity index (χ4n) is 4.92. The maximum Gasteiger partial charge on any atom is 0.257 e. The number of ketones is 1. The van der Waals surface area contributed by atoms with Gasteiger partial charge in [-0.15, -0.1) is 0 Å². The number of carbonyl (C=O) groups excluding carboxylic acids is 3. The number of aromatic nitrogens is 1. The maximum atomic E-state index is 13.2. The number of halogens is 1. The van der Waals surface area contributed by atoms with Crippen molar-refractivity contribution in [2.24, 2.45) is 0 Å². The van der Waals surface area contributed by atoms with E-state index in [1.807, 2.05) is 37.3 Å². The first-order chi connectivity index (χ1) is 17.4. The van der Waals surface area contributed by atoms with E-state index in [0.717, 1.165) is 12.0 Å². The molecule has 1 aliphatic rings. The van der Waals surface area contributed by atoms with Gasteiger partial charge in [0.2, 0.25) is 5.91 Å². The fourth-order valence-corrected chi connectivity index (χ4v) is 5.15. The Balaban J connectivity index is 1.42.